The smallest absolute Gasteiger partial charge is 0.297 e. The van der Waals surface area contributed by atoms with Crippen molar-refractivity contribution in [3.05, 3.63) is 63.1 Å². The molecule has 4 rings (SSSR count). The molecule has 27 heavy (non-hydrogen) atoms. The molecule has 0 amide bonds. The molecule has 0 fully saturated rings. The van der Waals surface area contributed by atoms with Gasteiger partial charge >= 0.3 is 0 Å². The standard InChI is InChI=1S/C17H14ClFN6O2/c1-8-6-20-24-25(8)15-7-27-17(23-15)21-9(2)11-3-10-4-12(18)13(19)5-14(10)22-16(11)26/h3-7,9H,1-2H3,(H,21,23)(H,22,26)/t9-/m0/s1. The normalized spacial score (nSPS) is 12.4. The van der Waals surface area contributed by atoms with Crippen LogP contribution < -0.4 is 10.9 Å². The number of aromatic amines is 1. The highest BCUT2D eigenvalue weighted by Crippen LogP contribution is 2.24. The van der Waals surface area contributed by atoms with E-state index in [0.717, 1.165) is 5.69 Å². The summed E-state index contributed by atoms with van der Waals surface area (Å²) in [4.78, 5) is 19.3. The first-order chi connectivity index (χ1) is 12.9. The molecule has 8 nitrogen and oxygen atoms in total. The number of benzene rings is 1. The van der Waals surface area contributed by atoms with Gasteiger partial charge in [0, 0.05) is 10.9 Å². The quantitative estimate of drug-likeness (QED) is 0.555. The highest BCUT2D eigenvalue weighted by atomic mass is 35.5. The minimum Gasteiger partial charge on any atom is -0.430 e. The van der Waals surface area contributed by atoms with Crippen LogP contribution in [0.5, 0.6) is 0 Å². The molecule has 3 heterocycles. The number of aryl methyl sites for hydroxylation is 1. The van der Waals surface area contributed by atoms with E-state index in [-0.39, 0.29) is 16.6 Å². The van der Waals surface area contributed by atoms with Crippen molar-refractivity contribution >= 4 is 28.5 Å². The number of pyridine rings is 1. The molecule has 0 unspecified atom stereocenters. The molecule has 4 aromatic rings. The van der Waals surface area contributed by atoms with Gasteiger partial charge in [0.05, 0.1) is 28.5 Å². The maximum Gasteiger partial charge on any atom is 0.297 e. The van der Waals surface area contributed by atoms with Crippen LogP contribution in [0.4, 0.5) is 10.4 Å². The average Bonchev–Trinajstić information content (AvgIpc) is 3.24. The zero-order chi connectivity index (χ0) is 19.1. The first kappa shape index (κ1) is 17.2. The number of rotatable bonds is 4. The van der Waals surface area contributed by atoms with Gasteiger partial charge < -0.3 is 14.7 Å². The van der Waals surface area contributed by atoms with Crippen LogP contribution in [0.1, 0.15) is 24.2 Å². The van der Waals surface area contributed by atoms with Crippen molar-refractivity contribution in [2.24, 2.45) is 0 Å². The van der Waals surface area contributed by atoms with Gasteiger partial charge in [-0.05, 0) is 32.0 Å². The van der Waals surface area contributed by atoms with Crippen molar-refractivity contribution in [1.29, 1.82) is 0 Å². The second-order valence-corrected chi connectivity index (χ2v) is 6.48. The first-order valence-corrected chi connectivity index (χ1v) is 8.42. The number of oxazole rings is 1. The summed E-state index contributed by atoms with van der Waals surface area (Å²) in [7, 11) is 0. The van der Waals surface area contributed by atoms with Crippen LogP contribution in [0, 0.1) is 12.7 Å². The Balaban J connectivity index is 1.63. The van der Waals surface area contributed by atoms with Crippen LogP contribution in [0.25, 0.3) is 16.7 Å². The summed E-state index contributed by atoms with van der Waals surface area (Å²) in [5.74, 6) is -0.121. The summed E-state index contributed by atoms with van der Waals surface area (Å²) in [6, 6.07) is 4.12. The molecule has 0 bridgehead atoms. The Hall–Kier alpha value is -3.20. The molecule has 0 aliphatic heterocycles. The average molecular weight is 389 g/mol. The second-order valence-electron chi connectivity index (χ2n) is 6.07. The van der Waals surface area contributed by atoms with Gasteiger partial charge in [-0.3, -0.25) is 4.79 Å². The topological polar surface area (TPSA) is 102 Å². The molecular weight excluding hydrogens is 375 g/mol. The molecule has 0 saturated carbocycles. The molecule has 1 aromatic carbocycles. The zero-order valence-corrected chi connectivity index (χ0v) is 15.1. The number of halogens is 2. The monoisotopic (exact) mass is 388 g/mol. The van der Waals surface area contributed by atoms with Crippen molar-refractivity contribution in [2.45, 2.75) is 19.9 Å². The van der Waals surface area contributed by atoms with Gasteiger partial charge in [-0.15, -0.1) is 5.10 Å². The lowest BCUT2D eigenvalue weighted by Crippen LogP contribution is -2.19. The summed E-state index contributed by atoms with van der Waals surface area (Å²) < 4.78 is 20.5. The lowest BCUT2D eigenvalue weighted by atomic mass is 10.1. The van der Waals surface area contributed by atoms with E-state index >= 15 is 0 Å². The van der Waals surface area contributed by atoms with Gasteiger partial charge in [0.2, 0.25) is 0 Å². The summed E-state index contributed by atoms with van der Waals surface area (Å²) in [5, 5.41) is 11.4. The van der Waals surface area contributed by atoms with Gasteiger partial charge in [-0.25, -0.2) is 4.39 Å². The lowest BCUT2D eigenvalue weighted by Gasteiger charge is -2.12. The SMILES string of the molecule is Cc1cnnn1-c1coc(N[C@@H](C)c2cc3cc(Cl)c(F)cc3[nH]c2=O)n1. The van der Waals surface area contributed by atoms with Crippen LogP contribution in [0.3, 0.4) is 0 Å². The van der Waals surface area contributed by atoms with E-state index in [2.05, 4.69) is 25.6 Å². The largest absolute Gasteiger partial charge is 0.430 e. The first-order valence-electron chi connectivity index (χ1n) is 8.04. The minimum absolute atomic E-state index is 0.0124. The van der Waals surface area contributed by atoms with Gasteiger partial charge in [-0.2, -0.15) is 9.67 Å². The molecule has 0 aliphatic rings. The summed E-state index contributed by atoms with van der Waals surface area (Å²) >= 11 is 5.83. The van der Waals surface area contributed by atoms with E-state index in [1.807, 2.05) is 6.92 Å². The molecule has 0 spiro atoms. The molecule has 0 radical (unpaired) electrons. The predicted octanol–water partition coefficient (Wildman–Crippen LogP) is 3.37. The fraction of sp³-hybridized carbons (Fsp3) is 0.176. The van der Waals surface area contributed by atoms with E-state index < -0.39 is 11.9 Å². The lowest BCUT2D eigenvalue weighted by molar-refractivity contribution is 0.561. The van der Waals surface area contributed by atoms with Gasteiger partial charge in [0.25, 0.3) is 11.6 Å². The van der Waals surface area contributed by atoms with E-state index in [1.54, 1.807) is 19.2 Å². The Labute approximate surface area is 157 Å². The van der Waals surface area contributed by atoms with Crippen LogP contribution in [-0.4, -0.2) is 25.0 Å². The third-order valence-corrected chi connectivity index (χ3v) is 4.44. The molecule has 0 aliphatic carbocycles. The molecule has 10 heteroatoms. The van der Waals surface area contributed by atoms with Crippen LogP contribution in [-0.2, 0) is 0 Å². The molecule has 1 atom stereocenters. The number of fused-ring (bicyclic) bond motifs is 1. The zero-order valence-electron chi connectivity index (χ0n) is 14.3. The number of H-pyrrole nitrogens is 1. The fourth-order valence-electron chi connectivity index (χ4n) is 2.74. The van der Waals surface area contributed by atoms with Crippen molar-refractivity contribution in [3.63, 3.8) is 0 Å². The molecule has 0 saturated heterocycles. The van der Waals surface area contributed by atoms with Gasteiger partial charge in [0.1, 0.15) is 12.1 Å². The Kier molecular flexibility index (Phi) is 4.15. The number of nitrogens with zero attached hydrogens (tertiary/aromatic N) is 4. The van der Waals surface area contributed by atoms with Crippen LogP contribution in [0.15, 0.2) is 39.9 Å². The number of aromatic nitrogens is 5. The molecule has 138 valence electrons. The summed E-state index contributed by atoms with van der Waals surface area (Å²) in [6.07, 6.45) is 3.04. The van der Waals surface area contributed by atoms with E-state index in [0.29, 0.717) is 22.3 Å². The molecular formula is C17H14ClFN6O2. The number of nitrogens with one attached hydrogen (secondary N) is 2. The Morgan fingerprint density at radius 3 is 2.93 bits per heavy atom. The predicted molar refractivity (Wildman–Crippen MR) is 97.7 cm³/mol. The van der Waals surface area contributed by atoms with E-state index in [9.17, 15) is 9.18 Å². The second kappa shape index (κ2) is 6.51. The Morgan fingerprint density at radius 1 is 1.37 bits per heavy atom. The van der Waals surface area contributed by atoms with Gasteiger partial charge in [-0.1, -0.05) is 16.8 Å². The fourth-order valence-corrected chi connectivity index (χ4v) is 2.92. The Morgan fingerprint density at radius 2 is 2.19 bits per heavy atom. The highest BCUT2D eigenvalue weighted by molar-refractivity contribution is 6.31. The third kappa shape index (κ3) is 3.17. The van der Waals surface area contributed by atoms with Gasteiger partial charge in [0.15, 0.2) is 5.82 Å². The minimum atomic E-state index is -0.588. The third-order valence-electron chi connectivity index (χ3n) is 4.15. The summed E-state index contributed by atoms with van der Waals surface area (Å²) in [5.41, 5.74) is 1.26. The number of hydrogen-bond acceptors (Lipinski definition) is 6. The summed E-state index contributed by atoms with van der Waals surface area (Å²) in [6.45, 7) is 3.62. The molecule has 2 N–H and O–H groups in total. The van der Waals surface area contributed by atoms with E-state index in [4.69, 9.17) is 16.0 Å². The number of anilines is 1. The number of hydrogen-bond donors (Lipinski definition) is 2. The van der Waals surface area contributed by atoms with E-state index in [1.165, 1.54) is 23.1 Å². The highest BCUT2D eigenvalue weighted by Gasteiger charge is 2.16. The maximum absolute atomic E-state index is 13.6. The molecule has 3 aromatic heterocycles. The van der Waals surface area contributed by atoms with Crippen LogP contribution in [0.2, 0.25) is 5.02 Å². The van der Waals surface area contributed by atoms with Crippen molar-refractivity contribution in [2.75, 3.05) is 5.32 Å². The Bertz CT molecular complexity index is 1200. The van der Waals surface area contributed by atoms with Crippen molar-refractivity contribution in [1.82, 2.24) is 25.0 Å². The maximum atomic E-state index is 13.6. The van der Waals surface area contributed by atoms with Crippen molar-refractivity contribution < 1.29 is 8.81 Å². The van der Waals surface area contributed by atoms with Crippen LogP contribution >= 0.6 is 11.6 Å². The van der Waals surface area contributed by atoms with Crippen molar-refractivity contribution in [3.8, 4) is 5.82 Å².